The second-order valence-electron chi connectivity index (χ2n) is 5.23. The maximum atomic E-state index is 9.69. The summed E-state index contributed by atoms with van der Waals surface area (Å²) in [5.74, 6) is 1.12. The Morgan fingerprint density at radius 2 is 2.09 bits per heavy atom. The summed E-state index contributed by atoms with van der Waals surface area (Å²) in [6.45, 7) is 5.33. The standard InChI is InChI=1S/C16H25N3O3/c1-12(2)19-16(20)6-9-21-14-4-5-15(13(10-14)11-18)22-8-3-7-17/h4-5,10,12,16,19-20H,3,6-9,17H2,1-2H3. The fourth-order valence-electron chi connectivity index (χ4n) is 1.83. The van der Waals surface area contributed by atoms with Crippen LogP contribution in [0.1, 0.15) is 32.3 Å². The number of nitrogens with one attached hydrogen (secondary N) is 1. The fourth-order valence-corrected chi connectivity index (χ4v) is 1.83. The zero-order valence-corrected chi connectivity index (χ0v) is 13.2. The van der Waals surface area contributed by atoms with Crippen molar-refractivity contribution >= 4 is 0 Å². The lowest BCUT2D eigenvalue weighted by atomic mass is 10.2. The van der Waals surface area contributed by atoms with Crippen LogP contribution < -0.4 is 20.5 Å². The minimum atomic E-state index is -0.602. The van der Waals surface area contributed by atoms with Crippen LogP contribution >= 0.6 is 0 Å². The molecule has 0 heterocycles. The molecule has 0 saturated carbocycles. The van der Waals surface area contributed by atoms with E-state index in [1.54, 1.807) is 18.2 Å². The van der Waals surface area contributed by atoms with Crippen LogP contribution in [-0.4, -0.2) is 37.1 Å². The summed E-state index contributed by atoms with van der Waals surface area (Å²) >= 11 is 0. The van der Waals surface area contributed by atoms with Gasteiger partial charge in [0.1, 0.15) is 23.8 Å². The highest BCUT2D eigenvalue weighted by Crippen LogP contribution is 2.23. The molecule has 1 rings (SSSR count). The van der Waals surface area contributed by atoms with Gasteiger partial charge in [0.25, 0.3) is 0 Å². The Kier molecular flexibility index (Phi) is 8.30. The summed E-state index contributed by atoms with van der Waals surface area (Å²) in [6, 6.07) is 7.41. The quantitative estimate of drug-likeness (QED) is 0.446. The van der Waals surface area contributed by atoms with Crippen molar-refractivity contribution in [1.29, 1.82) is 5.26 Å². The summed E-state index contributed by atoms with van der Waals surface area (Å²) in [5.41, 5.74) is 5.83. The minimum absolute atomic E-state index is 0.213. The van der Waals surface area contributed by atoms with Crippen molar-refractivity contribution in [2.24, 2.45) is 5.73 Å². The number of nitrogens with zero attached hydrogens (tertiary/aromatic N) is 1. The van der Waals surface area contributed by atoms with Gasteiger partial charge in [-0.1, -0.05) is 0 Å². The first kappa shape index (κ1) is 18.2. The van der Waals surface area contributed by atoms with E-state index in [0.29, 0.717) is 43.2 Å². The van der Waals surface area contributed by atoms with Crippen molar-refractivity contribution in [2.75, 3.05) is 19.8 Å². The molecule has 0 aromatic heterocycles. The van der Waals surface area contributed by atoms with Crippen LogP contribution in [-0.2, 0) is 0 Å². The minimum Gasteiger partial charge on any atom is -0.493 e. The molecule has 122 valence electrons. The number of hydrogen-bond acceptors (Lipinski definition) is 6. The first-order valence-corrected chi connectivity index (χ1v) is 7.50. The predicted octanol–water partition coefficient (Wildman–Crippen LogP) is 1.37. The van der Waals surface area contributed by atoms with Gasteiger partial charge in [-0.05, 0) is 38.9 Å². The molecule has 1 atom stereocenters. The van der Waals surface area contributed by atoms with Crippen molar-refractivity contribution in [2.45, 2.75) is 39.0 Å². The van der Waals surface area contributed by atoms with E-state index in [1.165, 1.54) is 0 Å². The Morgan fingerprint density at radius 3 is 2.73 bits per heavy atom. The van der Waals surface area contributed by atoms with Gasteiger partial charge < -0.3 is 20.3 Å². The number of rotatable bonds is 10. The molecule has 0 amide bonds. The molecular formula is C16H25N3O3. The van der Waals surface area contributed by atoms with Crippen LogP contribution in [0.2, 0.25) is 0 Å². The van der Waals surface area contributed by atoms with E-state index in [0.717, 1.165) is 6.42 Å². The molecule has 0 aliphatic carbocycles. The third kappa shape index (κ3) is 6.76. The SMILES string of the molecule is CC(C)NC(O)CCOc1ccc(OCCCN)c(C#N)c1. The summed E-state index contributed by atoms with van der Waals surface area (Å²) in [6.07, 6.45) is 0.605. The summed E-state index contributed by atoms with van der Waals surface area (Å²) < 4.78 is 11.1. The number of hydrogen-bond donors (Lipinski definition) is 3. The van der Waals surface area contributed by atoms with Gasteiger partial charge in [-0.3, -0.25) is 5.32 Å². The monoisotopic (exact) mass is 307 g/mol. The number of nitriles is 1. The van der Waals surface area contributed by atoms with Gasteiger partial charge in [0.2, 0.25) is 0 Å². The van der Waals surface area contributed by atoms with Gasteiger partial charge in [-0.2, -0.15) is 5.26 Å². The van der Waals surface area contributed by atoms with Gasteiger partial charge >= 0.3 is 0 Å². The molecule has 1 aromatic rings. The molecule has 6 heteroatoms. The third-order valence-corrected chi connectivity index (χ3v) is 2.86. The van der Waals surface area contributed by atoms with E-state index in [9.17, 15) is 5.11 Å². The number of aliphatic hydroxyl groups excluding tert-OH is 1. The molecule has 0 spiro atoms. The lowest BCUT2D eigenvalue weighted by Crippen LogP contribution is -2.35. The number of aliphatic hydroxyl groups is 1. The Hall–Kier alpha value is -1.81. The Balaban J connectivity index is 2.49. The number of nitrogens with two attached hydrogens (primary N) is 1. The van der Waals surface area contributed by atoms with Crippen LogP contribution in [0.4, 0.5) is 0 Å². The third-order valence-electron chi connectivity index (χ3n) is 2.86. The fraction of sp³-hybridized carbons (Fsp3) is 0.562. The van der Waals surface area contributed by atoms with Gasteiger partial charge in [-0.15, -0.1) is 0 Å². The molecule has 4 N–H and O–H groups in total. The van der Waals surface area contributed by atoms with E-state index >= 15 is 0 Å². The Morgan fingerprint density at radius 1 is 1.32 bits per heavy atom. The van der Waals surface area contributed by atoms with Crippen LogP contribution in [0.15, 0.2) is 18.2 Å². The van der Waals surface area contributed by atoms with Crippen molar-refractivity contribution in [1.82, 2.24) is 5.32 Å². The van der Waals surface area contributed by atoms with Crippen molar-refractivity contribution < 1.29 is 14.6 Å². The smallest absolute Gasteiger partial charge is 0.137 e. The lowest BCUT2D eigenvalue weighted by molar-refractivity contribution is 0.0995. The zero-order valence-electron chi connectivity index (χ0n) is 13.2. The van der Waals surface area contributed by atoms with Gasteiger partial charge in [0.05, 0.1) is 18.8 Å². The molecule has 0 fully saturated rings. The summed E-state index contributed by atoms with van der Waals surface area (Å²) in [4.78, 5) is 0. The largest absolute Gasteiger partial charge is 0.493 e. The van der Waals surface area contributed by atoms with Crippen LogP contribution in [0.3, 0.4) is 0 Å². The molecule has 6 nitrogen and oxygen atoms in total. The molecule has 1 aromatic carbocycles. The maximum Gasteiger partial charge on any atom is 0.137 e. The van der Waals surface area contributed by atoms with Gasteiger partial charge in [0.15, 0.2) is 0 Å². The van der Waals surface area contributed by atoms with E-state index in [1.807, 2.05) is 13.8 Å². The first-order valence-electron chi connectivity index (χ1n) is 7.50. The average molecular weight is 307 g/mol. The van der Waals surface area contributed by atoms with Crippen LogP contribution in [0.5, 0.6) is 11.5 Å². The summed E-state index contributed by atoms with van der Waals surface area (Å²) in [5, 5.41) is 21.8. The van der Waals surface area contributed by atoms with Crippen molar-refractivity contribution in [3.05, 3.63) is 23.8 Å². The Labute approximate surface area is 131 Å². The van der Waals surface area contributed by atoms with E-state index in [4.69, 9.17) is 20.5 Å². The normalized spacial score (nSPS) is 12.0. The molecular weight excluding hydrogens is 282 g/mol. The Bertz CT molecular complexity index is 486. The molecule has 0 saturated heterocycles. The van der Waals surface area contributed by atoms with Crippen LogP contribution in [0, 0.1) is 11.3 Å². The van der Waals surface area contributed by atoms with Crippen molar-refractivity contribution in [3.63, 3.8) is 0 Å². The highest BCUT2D eigenvalue weighted by atomic mass is 16.5. The number of ether oxygens (including phenoxy) is 2. The topological polar surface area (TPSA) is 101 Å². The predicted molar refractivity (Wildman–Crippen MR) is 84.7 cm³/mol. The average Bonchev–Trinajstić information content (AvgIpc) is 2.47. The highest BCUT2D eigenvalue weighted by molar-refractivity contribution is 5.47. The maximum absolute atomic E-state index is 9.69. The second kappa shape index (κ2) is 10.0. The zero-order chi connectivity index (χ0) is 16.4. The molecule has 22 heavy (non-hydrogen) atoms. The molecule has 0 radical (unpaired) electrons. The highest BCUT2D eigenvalue weighted by Gasteiger charge is 2.08. The lowest BCUT2D eigenvalue weighted by Gasteiger charge is -2.16. The van der Waals surface area contributed by atoms with Gasteiger partial charge in [-0.25, -0.2) is 0 Å². The van der Waals surface area contributed by atoms with E-state index in [2.05, 4.69) is 11.4 Å². The van der Waals surface area contributed by atoms with Gasteiger partial charge in [0, 0.05) is 18.5 Å². The van der Waals surface area contributed by atoms with E-state index < -0.39 is 6.23 Å². The molecule has 0 aliphatic rings. The summed E-state index contributed by atoms with van der Waals surface area (Å²) in [7, 11) is 0. The van der Waals surface area contributed by atoms with Crippen molar-refractivity contribution in [3.8, 4) is 17.6 Å². The second-order valence-corrected chi connectivity index (χ2v) is 5.23. The van der Waals surface area contributed by atoms with Crippen LogP contribution in [0.25, 0.3) is 0 Å². The number of benzene rings is 1. The van der Waals surface area contributed by atoms with E-state index in [-0.39, 0.29) is 6.04 Å². The first-order chi connectivity index (χ1) is 10.6. The molecule has 1 unspecified atom stereocenters. The molecule has 0 bridgehead atoms. The molecule has 0 aliphatic heterocycles.